The van der Waals surface area contributed by atoms with Crippen LogP contribution in [-0.2, 0) is 16.1 Å². The van der Waals surface area contributed by atoms with Crippen LogP contribution in [0.15, 0.2) is 29.8 Å². The summed E-state index contributed by atoms with van der Waals surface area (Å²) in [5.41, 5.74) is 1.06. The zero-order chi connectivity index (χ0) is 24.2. The molecule has 2 heterocycles. The summed E-state index contributed by atoms with van der Waals surface area (Å²) in [6.45, 7) is 6.69. The molecule has 0 bridgehead atoms. The lowest BCUT2D eigenvalue weighted by atomic mass is 10.0. The SMILES string of the molecule is CO[C@H]1CN(C)C(=O)c2cc(NC(=O)C3CC3)ccc2OC[C@@H](C)N(Cc2nccs2)C[C@@H]1C. The van der Waals surface area contributed by atoms with Crippen molar-refractivity contribution in [2.45, 2.75) is 45.4 Å². The topological polar surface area (TPSA) is 84.0 Å². The minimum atomic E-state index is -0.153. The van der Waals surface area contributed by atoms with Crippen molar-refractivity contribution in [3.63, 3.8) is 0 Å². The van der Waals surface area contributed by atoms with E-state index < -0.39 is 0 Å². The third kappa shape index (κ3) is 5.95. The molecule has 2 amide bonds. The van der Waals surface area contributed by atoms with E-state index in [1.807, 2.05) is 11.6 Å². The fraction of sp³-hybridized carbons (Fsp3) is 0.560. The maximum Gasteiger partial charge on any atom is 0.257 e. The number of hydrogen-bond donors (Lipinski definition) is 1. The molecule has 1 aliphatic heterocycles. The van der Waals surface area contributed by atoms with Gasteiger partial charge in [0.2, 0.25) is 5.91 Å². The summed E-state index contributed by atoms with van der Waals surface area (Å²) in [5, 5.41) is 5.99. The second-order valence-electron chi connectivity index (χ2n) is 9.43. The van der Waals surface area contributed by atoms with Crippen LogP contribution >= 0.6 is 11.3 Å². The second-order valence-corrected chi connectivity index (χ2v) is 10.4. The number of rotatable bonds is 5. The van der Waals surface area contributed by atoms with Crippen molar-refractivity contribution < 1.29 is 19.1 Å². The van der Waals surface area contributed by atoms with Crippen LogP contribution in [-0.4, -0.2) is 72.6 Å². The van der Waals surface area contributed by atoms with Crippen LogP contribution in [0.1, 0.15) is 42.1 Å². The molecule has 2 aliphatic rings. The molecule has 0 unspecified atom stereocenters. The molecule has 0 saturated heterocycles. The lowest BCUT2D eigenvalue weighted by molar-refractivity contribution is -0.117. The summed E-state index contributed by atoms with van der Waals surface area (Å²) in [5.74, 6) is 0.647. The summed E-state index contributed by atoms with van der Waals surface area (Å²) >= 11 is 1.64. The van der Waals surface area contributed by atoms with Gasteiger partial charge in [-0.15, -0.1) is 11.3 Å². The number of likely N-dealkylation sites (N-methyl/N-ethyl adjacent to an activating group) is 1. The number of hydrogen-bond acceptors (Lipinski definition) is 7. The highest BCUT2D eigenvalue weighted by Crippen LogP contribution is 2.31. The Morgan fingerprint density at radius 2 is 2.09 bits per heavy atom. The van der Waals surface area contributed by atoms with E-state index in [0.717, 1.165) is 30.9 Å². The number of anilines is 1. The number of carbonyl (C=O) groups excluding carboxylic acids is 2. The lowest BCUT2D eigenvalue weighted by Gasteiger charge is -2.35. The molecule has 1 aromatic carbocycles. The van der Waals surface area contributed by atoms with E-state index in [2.05, 4.69) is 29.0 Å². The summed E-state index contributed by atoms with van der Waals surface area (Å²) < 4.78 is 12.0. The third-order valence-electron chi connectivity index (χ3n) is 6.61. The molecule has 1 N–H and O–H groups in total. The van der Waals surface area contributed by atoms with E-state index in [-0.39, 0.29) is 35.8 Å². The molecular weight excluding hydrogens is 452 g/mol. The van der Waals surface area contributed by atoms with Crippen LogP contribution in [0.5, 0.6) is 5.75 Å². The molecule has 184 valence electrons. The van der Waals surface area contributed by atoms with Gasteiger partial charge in [0.15, 0.2) is 0 Å². The first-order valence-electron chi connectivity index (χ1n) is 11.8. The van der Waals surface area contributed by atoms with Crippen LogP contribution in [0.2, 0.25) is 0 Å². The molecule has 9 heteroatoms. The largest absolute Gasteiger partial charge is 0.491 e. The minimum Gasteiger partial charge on any atom is -0.491 e. The monoisotopic (exact) mass is 486 g/mol. The first kappa shape index (κ1) is 24.6. The van der Waals surface area contributed by atoms with Gasteiger partial charge in [0.1, 0.15) is 17.4 Å². The van der Waals surface area contributed by atoms with Crippen molar-refractivity contribution in [2.75, 3.05) is 39.2 Å². The Balaban J connectivity index is 1.61. The van der Waals surface area contributed by atoms with Gasteiger partial charge in [-0.1, -0.05) is 6.92 Å². The number of ether oxygens (including phenoxy) is 2. The second kappa shape index (κ2) is 10.8. The normalized spacial score (nSPS) is 24.5. The Morgan fingerprint density at radius 1 is 1.29 bits per heavy atom. The molecular formula is C25H34N4O4S. The maximum atomic E-state index is 13.4. The highest BCUT2D eigenvalue weighted by molar-refractivity contribution is 7.09. The standard InChI is InChI=1S/C25H34N4O4S/c1-16-12-29(14-23-26-9-10-34-23)17(2)15-33-21-8-7-19(27-24(30)18-5-6-18)11-20(21)25(31)28(3)13-22(16)32-4/h7-11,16-18,22H,5-6,12-15H2,1-4H3,(H,27,30)/t16-,17+,22-/m0/s1. The number of nitrogens with one attached hydrogen (secondary N) is 1. The van der Waals surface area contributed by atoms with Crippen molar-refractivity contribution in [2.24, 2.45) is 11.8 Å². The predicted octanol–water partition coefficient (Wildman–Crippen LogP) is 3.50. The van der Waals surface area contributed by atoms with E-state index in [1.54, 1.807) is 48.6 Å². The highest BCUT2D eigenvalue weighted by atomic mass is 32.1. The van der Waals surface area contributed by atoms with E-state index in [0.29, 0.717) is 30.2 Å². The first-order chi connectivity index (χ1) is 16.4. The number of amides is 2. The number of aromatic nitrogens is 1. The Hall–Kier alpha value is -2.49. The minimum absolute atomic E-state index is 0.00884. The zero-order valence-electron chi connectivity index (χ0n) is 20.3. The molecule has 1 saturated carbocycles. The number of fused-ring (bicyclic) bond motifs is 1. The molecule has 0 radical (unpaired) electrons. The smallest absolute Gasteiger partial charge is 0.257 e. The first-order valence-corrected chi connectivity index (χ1v) is 12.7. The van der Waals surface area contributed by atoms with E-state index in [9.17, 15) is 9.59 Å². The molecule has 3 atom stereocenters. The Labute approximate surface area is 205 Å². The molecule has 1 fully saturated rings. The van der Waals surface area contributed by atoms with Gasteiger partial charge in [-0.3, -0.25) is 14.5 Å². The number of carbonyl (C=O) groups is 2. The van der Waals surface area contributed by atoms with Crippen molar-refractivity contribution in [1.82, 2.24) is 14.8 Å². The van der Waals surface area contributed by atoms with Gasteiger partial charge in [0.25, 0.3) is 5.91 Å². The Bertz CT molecular complexity index is 995. The van der Waals surface area contributed by atoms with Gasteiger partial charge in [-0.2, -0.15) is 0 Å². The summed E-state index contributed by atoms with van der Waals surface area (Å²) in [4.78, 5) is 34.2. The van der Waals surface area contributed by atoms with Crippen molar-refractivity contribution in [1.29, 1.82) is 0 Å². The van der Waals surface area contributed by atoms with E-state index in [1.165, 1.54) is 0 Å². The summed E-state index contributed by atoms with van der Waals surface area (Å²) in [6, 6.07) is 5.40. The number of nitrogens with zero attached hydrogens (tertiary/aromatic N) is 3. The molecule has 1 aromatic heterocycles. The third-order valence-corrected chi connectivity index (χ3v) is 7.38. The Kier molecular flexibility index (Phi) is 7.85. The van der Waals surface area contributed by atoms with Crippen molar-refractivity contribution in [3.05, 3.63) is 40.3 Å². The zero-order valence-corrected chi connectivity index (χ0v) is 21.1. The van der Waals surface area contributed by atoms with Crippen molar-refractivity contribution >= 4 is 28.8 Å². The van der Waals surface area contributed by atoms with Gasteiger partial charge >= 0.3 is 0 Å². The quantitative estimate of drug-likeness (QED) is 0.697. The van der Waals surface area contributed by atoms with Gasteiger partial charge in [-0.05, 0) is 43.9 Å². The molecule has 4 rings (SSSR count). The Morgan fingerprint density at radius 3 is 2.76 bits per heavy atom. The van der Waals surface area contributed by atoms with E-state index in [4.69, 9.17) is 9.47 Å². The van der Waals surface area contributed by atoms with Crippen LogP contribution in [0, 0.1) is 11.8 Å². The number of thiazole rings is 1. The molecule has 8 nitrogen and oxygen atoms in total. The molecule has 2 aromatic rings. The molecule has 0 spiro atoms. The van der Waals surface area contributed by atoms with Crippen LogP contribution < -0.4 is 10.1 Å². The fourth-order valence-electron chi connectivity index (χ4n) is 4.24. The van der Waals surface area contributed by atoms with Crippen molar-refractivity contribution in [3.8, 4) is 5.75 Å². The summed E-state index contributed by atoms with van der Waals surface area (Å²) in [7, 11) is 3.48. The van der Waals surface area contributed by atoms with Crippen LogP contribution in [0.3, 0.4) is 0 Å². The lowest BCUT2D eigenvalue weighted by Crippen LogP contribution is -2.46. The van der Waals surface area contributed by atoms with Gasteiger partial charge in [0.05, 0.1) is 18.2 Å². The number of benzene rings is 1. The summed E-state index contributed by atoms with van der Waals surface area (Å²) in [6.07, 6.45) is 3.55. The van der Waals surface area contributed by atoms with Gasteiger partial charge in [-0.25, -0.2) is 4.98 Å². The molecule has 1 aliphatic carbocycles. The van der Waals surface area contributed by atoms with Gasteiger partial charge < -0.3 is 19.7 Å². The fourth-order valence-corrected chi connectivity index (χ4v) is 4.89. The number of methoxy groups -OCH3 is 1. The highest BCUT2D eigenvalue weighted by Gasteiger charge is 2.31. The predicted molar refractivity (Wildman–Crippen MR) is 132 cm³/mol. The average Bonchev–Trinajstić information content (AvgIpc) is 3.56. The average molecular weight is 487 g/mol. The molecule has 34 heavy (non-hydrogen) atoms. The van der Waals surface area contributed by atoms with E-state index >= 15 is 0 Å². The maximum absolute atomic E-state index is 13.4. The van der Waals surface area contributed by atoms with Gasteiger partial charge in [0, 0.05) is 56.5 Å². The van der Waals surface area contributed by atoms with Crippen LogP contribution in [0.25, 0.3) is 0 Å². The van der Waals surface area contributed by atoms with Crippen LogP contribution in [0.4, 0.5) is 5.69 Å².